The smallest absolute Gasteiger partial charge is 0.0591 e. The summed E-state index contributed by atoms with van der Waals surface area (Å²) in [5, 5.41) is 0. The molecule has 2 atom stereocenters. The first-order valence-electron chi connectivity index (χ1n) is 7.26. The molecule has 2 heterocycles. The Morgan fingerprint density at radius 2 is 1.90 bits per heavy atom. The van der Waals surface area contributed by atoms with Crippen LogP contribution in [0.1, 0.15) is 17.9 Å². The summed E-state index contributed by atoms with van der Waals surface area (Å²) >= 11 is 1.92. The first-order valence-corrected chi connectivity index (χ1v) is 8.07. The highest BCUT2D eigenvalue weighted by Gasteiger charge is 2.38. The van der Waals surface area contributed by atoms with E-state index in [4.69, 9.17) is 0 Å². The number of rotatable bonds is 0. The molecule has 1 nitrogen and oxygen atoms in total. The molecule has 5 rings (SSSR count). The number of nitrogens with zero attached hydrogens (tertiary/aromatic N) is 1. The van der Waals surface area contributed by atoms with Gasteiger partial charge in [-0.15, -0.1) is 0 Å². The molecule has 0 bridgehead atoms. The summed E-state index contributed by atoms with van der Waals surface area (Å²) in [6.07, 6.45) is 6.01. The zero-order valence-corrected chi connectivity index (χ0v) is 11.9. The van der Waals surface area contributed by atoms with E-state index >= 15 is 0 Å². The highest BCUT2D eigenvalue weighted by Crippen LogP contribution is 2.55. The van der Waals surface area contributed by atoms with Crippen molar-refractivity contribution in [2.24, 2.45) is 5.92 Å². The molecule has 0 radical (unpaired) electrons. The van der Waals surface area contributed by atoms with Crippen LogP contribution in [-0.2, 0) is 0 Å². The van der Waals surface area contributed by atoms with Crippen LogP contribution in [0, 0.1) is 5.92 Å². The molecule has 2 heteroatoms. The summed E-state index contributed by atoms with van der Waals surface area (Å²) in [4.78, 5) is 5.37. The number of hydrogen-bond acceptors (Lipinski definition) is 2. The Morgan fingerprint density at radius 3 is 2.90 bits per heavy atom. The van der Waals surface area contributed by atoms with Gasteiger partial charge in [-0.3, -0.25) is 0 Å². The summed E-state index contributed by atoms with van der Waals surface area (Å²) in [6, 6.07) is 15.6. The van der Waals surface area contributed by atoms with Crippen LogP contribution in [0.2, 0.25) is 0 Å². The first-order chi connectivity index (χ1) is 9.92. The van der Waals surface area contributed by atoms with Gasteiger partial charge in [-0.25, -0.2) is 0 Å². The third kappa shape index (κ3) is 1.35. The van der Waals surface area contributed by atoms with E-state index in [-0.39, 0.29) is 0 Å². The quantitative estimate of drug-likeness (QED) is 0.626. The van der Waals surface area contributed by atoms with Crippen molar-refractivity contribution >= 4 is 23.1 Å². The zero-order valence-electron chi connectivity index (χ0n) is 11.1. The van der Waals surface area contributed by atoms with Crippen molar-refractivity contribution in [2.75, 3.05) is 11.4 Å². The number of hydrogen-bond donors (Lipinski definition) is 0. The van der Waals surface area contributed by atoms with E-state index in [2.05, 4.69) is 59.5 Å². The summed E-state index contributed by atoms with van der Waals surface area (Å²) in [5.41, 5.74) is 4.38. The van der Waals surface area contributed by atoms with E-state index in [1.165, 1.54) is 33.2 Å². The van der Waals surface area contributed by atoms with Crippen molar-refractivity contribution in [2.45, 2.75) is 22.1 Å². The van der Waals surface area contributed by atoms with Gasteiger partial charge in [-0.05, 0) is 36.1 Å². The second-order valence-corrected chi connectivity index (χ2v) is 6.91. The minimum absolute atomic E-state index is 0.632. The maximum absolute atomic E-state index is 2.56. The van der Waals surface area contributed by atoms with Crippen LogP contribution in [0.15, 0.2) is 64.4 Å². The maximum Gasteiger partial charge on any atom is 0.0591 e. The molecule has 2 aromatic rings. The molecule has 0 fully saturated rings. The fourth-order valence-corrected chi connectivity index (χ4v) is 5.00. The number of para-hydroxylation sites is 2. The highest BCUT2D eigenvalue weighted by atomic mass is 32.2. The van der Waals surface area contributed by atoms with E-state index < -0.39 is 0 Å². The summed E-state index contributed by atoms with van der Waals surface area (Å²) in [7, 11) is 0. The third-order valence-corrected chi connectivity index (χ3v) is 5.86. The van der Waals surface area contributed by atoms with Gasteiger partial charge in [0.05, 0.1) is 11.4 Å². The van der Waals surface area contributed by atoms with Crippen molar-refractivity contribution in [1.82, 2.24) is 0 Å². The highest BCUT2D eigenvalue weighted by molar-refractivity contribution is 7.99. The Balaban J connectivity index is 1.78. The Morgan fingerprint density at radius 1 is 1.00 bits per heavy atom. The normalized spacial score (nSPS) is 25.1. The molecular formula is C18H15NS. The molecule has 0 saturated carbocycles. The summed E-state index contributed by atoms with van der Waals surface area (Å²) < 4.78 is 0. The second kappa shape index (κ2) is 3.92. The topological polar surface area (TPSA) is 3.24 Å². The predicted octanol–water partition coefficient (Wildman–Crippen LogP) is 4.96. The van der Waals surface area contributed by atoms with Gasteiger partial charge in [0.2, 0.25) is 0 Å². The molecule has 0 spiro atoms. The van der Waals surface area contributed by atoms with Crippen LogP contribution < -0.4 is 4.90 Å². The fraction of sp³-hybridized carbons (Fsp3) is 0.222. The molecule has 2 aliphatic heterocycles. The molecule has 20 heavy (non-hydrogen) atoms. The van der Waals surface area contributed by atoms with E-state index in [0.717, 1.165) is 12.5 Å². The van der Waals surface area contributed by atoms with Crippen LogP contribution in [0.3, 0.4) is 0 Å². The molecule has 0 N–H and O–H groups in total. The van der Waals surface area contributed by atoms with Crippen LogP contribution in [0.4, 0.5) is 11.4 Å². The molecule has 2 aromatic carbocycles. The zero-order chi connectivity index (χ0) is 13.1. The van der Waals surface area contributed by atoms with Gasteiger partial charge in [-0.2, -0.15) is 0 Å². The summed E-state index contributed by atoms with van der Waals surface area (Å²) in [6.45, 7) is 1.15. The molecule has 98 valence electrons. The number of benzene rings is 2. The number of allylic oxidation sites excluding steroid dienone is 2. The fourth-order valence-electron chi connectivity index (χ4n) is 3.86. The maximum atomic E-state index is 2.56. The van der Waals surface area contributed by atoms with Gasteiger partial charge in [0.25, 0.3) is 0 Å². The largest absolute Gasteiger partial charge is 0.339 e. The Labute approximate surface area is 123 Å². The van der Waals surface area contributed by atoms with Gasteiger partial charge in [0, 0.05) is 22.3 Å². The predicted molar refractivity (Wildman–Crippen MR) is 84.0 cm³/mol. The van der Waals surface area contributed by atoms with Gasteiger partial charge >= 0.3 is 0 Å². The Hall–Kier alpha value is -1.67. The minimum Gasteiger partial charge on any atom is -0.339 e. The molecule has 2 unspecified atom stereocenters. The molecule has 3 aliphatic rings. The van der Waals surface area contributed by atoms with Crippen LogP contribution in [-0.4, -0.2) is 6.54 Å². The van der Waals surface area contributed by atoms with E-state index in [1.807, 2.05) is 11.8 Å². The number of anilines is 2. The van der Waals surface area contributed by atoms with Crippen molar-refractivity contribution < 1.29 is 0 Å². The standard InChI is InChI=1S/C18H15NS/c1-2-9-16-15(8-1)19-11-12-5-3-6-13(12)14-7-4-10-17(20-16)18(14)19/h1-4,6-10,12-13H,5,11H2. The molecule has 0 saturated heterocycles. The first kappa shape index (κ1) is 11.0. The van der Waals surface area contributed by atoms with Gasteiger partial charge < -0.3 is 4.90 Å². The lowest BCUT2D eigenvalue weighted by molar-refractivity contribution is 0.494. The minimum atomic E-state index is 0.632. The van der Waals surface area contributed by atoms with Gasteiger partial charge in [0.15, 0.2) is 0 Å². The van der Waals surface area contributed by atoms with Crippen molar-refractivity contribution in [3.63, 3.8) is 0 Å². The average molecular weight is 277 g/mol. The monoisotopic (exact) mass is 277 g/mol. The Bertz CT molecular complexity index is 734. The lowest BCUT2D eigenvalue weighted by Crippen LogP contribution is -2.34. The van der Waals surface area contributed by atoms with E-state index in [9.17, 15) is 0 Å². The average Bonchev–Trinajstić information content (AvgIpc) is 2.96. The number of fused-ring (bicyclic) bond motifs is 4. The third-order valence-electron chi connectivity index (χ3n) is 4.74. The van der Waals surface area contributed by atoms with Crippen LogP contribution >= 0.6 is 11.8 Å². The van der Waals surface area contributed by atoms with E-state index in [0.29, 0.717) is 5.92 Å². The Kier molecular flexibility index (Phi) is 2.16. The van der Waals surface area contributed by atoms with Gasteiger partial charge in [-0.1, -0.05) is 48.2 Å². The molecular weight excluding hydrogens is 262 g/mol. The van der Waals surface area contributed by atoms with Crippen molar-refractivity contribution in [3.8, 4) is 0 Å². The van der Waals surface area contributed by atoms with Crippen molar-refractivity contribution in [1.29, 1.82) is 0 Å². The SMILES string of the molecule is C1=CC2c3cccc4c3N(CC2C1)c1ccccc1S4. The van der Waals surface area contributed by atoms with Gasteiger partial charge in [0.1, 0.15) is 0 Å². The van der Waals surface area contributed by atoms with Crippen LogP contribution in [0.25, 0.3) is 0 Å². The lowest BCUT2D eigenvalue weighted by atomic mass is 9.83. The summed E-state index contributed by atoms with van der Waals surface area (Å²) in [5.74, 6) is 1.38. The molecule has 0 amide bonds. The second-order valence-electron chi connectivity index (χ2n) is 5.82. The van der Waals surface area contributed by atoms with Crippen molar-refractivity contribution in [3.05, 3.63) is 60.2 Å². The lowest BCUT2D eigenvalue weighted by Gasteiger charge is -2.42. The molecule has 1 aliphatic carbocycles. The van der Waals surface area contributed by atoms with E-state index in [1.54, 1.807) is 0 Å². The molecule has 0 aromatic heterocycles. The van der Waals surface area contributed by atoms with Crippen LogP contribution in [0.5, 0.6) is 0 Å².